The zero-order valence-corrected chi connectivity index (χ0v) is 18.5. The van der Waals surface area contributed by atoms with Crippen LogP contribution in [0.2, 0.25) is 0 Å². The van der Waals surface area contributed by atoms with Crippen LogP contribution in [0.5, 0.6) is 0 Å². The van der Waals surface area contributed by atoms with Crippen molar-refractivity contribution in [2.24, 2.45) is 0 Å². The lowest BCUT2D eigenvalue weighted by molar-refractivity contribution is -0.136. The Labute approximate surface area is 184 Å². The number of hydrogen-bond acceptors (Lipinski definition) is 5. The molecule has 1 fully saturated rings. The third-order valence-corrected chi connectivity index (χ3v) is 5.94. The first-order chi connectivity index (χ1) is 15.0. The van der Waals surface area contributed by atoms with Crippen molar-refractivity contribution in [3.8, 4) is 11.5 Å². The molecule has 1 amide bonds. The van der Waals surface area contributed by atoms with Gasteiger partial charge in [0.2, 0.25) is 5.91 Å². The summed E-state index contributed by atoms with van der Waals surface area (Å²) in [6, 6.07) is 17.8. The Morgan fingerprint density at radius 1 is 0.968 bits per heavy atom. The number of carbonyl (C=O) groups is 1. The minimum Gasteiger partial charge on any atom is -0.353 e. The molecule has 0 saturated carbocycles. The van der Waals surface area contributed by atoms with Gasteiger partial charge in [-0.15, -0.1) is 0 Å². The molecule has 2 aromatic heterocycles. The second-order valence-electron chi connectivity index (χ2n) is 8.38. The van der Waals surface area contributed by atoms with E-state index in [1.165, 1.54) is 0 Å². The van der Waals surface area contributed by atoms with E-state index in [1.807, 2.05) is 67.3 Å². The first-order valence-electron chi connectivity index (χ1n) is 10.9. The number of benzene rings is 1. The second-order valence-corrected chi connectivity index (χ2v) is 8.38. The number of hydrogen-bond donors (Lipinski definition) is 0. The molecular formula is C25H29N5O. The van der Waals surface area contributed by atoms with Crippen molar-refractivity contribution in [3.05, 3.63) is 72.1 Å². The van der Waals surface area contributed by atoms with Crippen LogP contribution in [0.4, 0.5) is 5.82 Å². The number of rotatable bonds is 5. The lowest BCUT2D eigenvalue weighted by Crippen LogP contribution is -2.53. The molecule has 0 bridgehead atoms. The third-order valence-electron chi connectivity index (χ3n) is 5.94. The van der Waals surface area contributed by atoms with Crippen molar-refractivity contribution in [3.63, 3.8) is 0 Å². The Kier molecular flexibility index (Phi) is 5.98. The van der Waals surface area contributed by atoms with E-state index in [2.05, 4.69) is 27.9 Å². The van der Waals surface area contributed by atoms with E-state index in [1.54, 1.807) is 6.20 Å². The summed E-state index contributed by atoms with van der Waals surface area (Å²) in [7, 11) is 0. The van der Waals surface area contributed by atoms with Gasteiger partial charge in [0, 0.05) is 44.1 Å². The normalized spacial score (nSPS) is 14.5. The first kappa shape index (κ1) is 21.0. The Balaban J connectivity index is 1.49. The minimum absolute atomic E-state index is 0.171. The molecule has 3 heterocycles. The Hall–Kier alpha value is -3.28. The van der Waals surface area contributed by atoms with Crippen LogP contribution in [0.25, 0.3) is 11.5 Å². The Morgan fingerprint density at radius 3 is 2.32 bits per heavy atom. The third kappa shape index (κ3) is 4.43. The monoisotopic (exact) mass is 415 g/mol. The number of amides is 1. The summed E-state index contributed by atoms with van der Waals surface area (Å²) in [6.07, 6.45) is 2.59. The molecule has 0 atom stereocenters. The maximum absolute atomic E-state index is 13.3. The van der Waals surface area contributed by atoms with Crippen LogP contribution >= 0.6 is 0 Å². The Morgan fingerprint density at radius 2 is 1.68 bits per heavy atom. The van der Waals surface area contributed by atoms with Crippen molar-refractivity contribution < 1.29 is 4.79 Å². The summed E-state index contributed by atoms with van der Waals surface area (Å²) in [5.41, 5.74) is 2.28. The average Bonchev–Trinajstić information content (AvgIpc) is 2.84. The highest BCUT2D eigenvalue weighted by Gasteiger charge is 2.35. The van der Waals surface area contributed by atoms with Crippen LogP contribution in [0.3, 0.4) is 0 Å². The molecule has 6 nitrogen and oxygen atoms in total. The topological polar surface area (TPSA) is 62.2 Å². The molecule has 160 valence electrons. The number of carbonyl (C=O) groups excluding carboxylic acids is 1. The molecule has 31 heavy (non-hydrogen) atoms. The summed E-state index contributed by atoms with van der Waals surface area (Å²) >= 11 is 0. The largest absolute Gasteiger partial charge is 0.353 e. The fourth-order valence-electron chi connectivity index (χ4n) is 3.95. The van der Waals surface area contributed by atoms with E-state index >= 15 is 0 Å². The number of nitrogens with zero attached hydrogens (tertiary/aromatic N) is 5. The lowest BCUT2D eigenvalue weighted by Gasteiger charge is -2.39. The van der Waals surface area contributed by atoms with Gasteiger partial charge in [0.1, 0.15) is 11.5 Å². The van der Waals surface area contributed by atoms with Gasteiger partial charge < -0.3 is 9.80 Å². The molecule has 3 aromatic rings. The summed E-state index contributed by atoms with van der Waals surface area (Å²) in [5.74, 6) is 1.73. The van der Waals surface area contributed by atoms with Crippen molar-refractivity contribution in [1.82, 2.24) is 19.9 Å². The highest BCUT2D eigenvalue weighted by atomic mass is 16.2. The highest BCUT2D eigenvalue weighted by Crippen LogP contribution is 2.27. The molecule has 1 aliphatic rings. The van der Waals surface area contributed by atoms with Crippen molar-refractivity contribution in [2.75, 3.05) is 31.1 Å². The van der Waals surface area contributed by atoms with Gasteiger partial charge in [-0.1, -0.05) is 43.3 Å². The molecule has 0 N–H and O–H groups in total. The molecule has 0 aliphatic carbocycles. The molecule has 0 radical (unpaired) electrons. The highest BCUT2D eigenvalue weighted by molar-refractivity contribution is 5.87. The fraction of sp³-hybridized carbons (Fsp3) is 0.360. The van der Waals surface area contributed by atoms with Crippen LogP contribution < -0.4 is 4.90 Å². The van der Waals surface area contributed by atoms with Crippen LogP contribution in [0, 0.1) is 0 Å². The van der Waals surface area contributed by atoms with Crippen molar-refractivity contribution in [2.45, 2.75) is 32.6 Å². The molecule has 0 unspecified atom stereocenters. The zero-order valence-electron chi connectivity index (χ0n) is 18.5. The van der Waals surface area contributed by atoms with Gasteiger partial charge >= 0.3 is 0 Å². The predicted octanol–water partition coefficient (Wildman–Crippen LogP) is 3.73. The molecule has 0 spiro atoms. The van der Waals surface area contributed by atoms with Gasteiger partial charge in [-0.3, -0.25) is 9.78 Å². The number of aromatic nitrogens is 3. The van der Waals surface area contributed by atoms with Crippen LogP contribution in [0.1, 0.15) is 32.0 Å². The van der Waals surface area contributed by atoms with Gasteiger partial charge in [0.15, 0.2) is 5.82 Å². The number of pyridine rings is 1. The predicted molar refractivity (Wildman–Crippen MR) is 123 cm³/mol. The summed E-state index contributed by atoms with van der Waals surface area (Å²) in [5, 5.41) is 0. The fourth-order valence-corrected chi connectivity index (χ4v) is 3.95. The maximum atomic E-state index is 13.3. The van der Waals surface area contributed by atoms with Crippen molar-refractivity contribution >= 4 is 11.7 Å². The quantitative estimate of drug-likeness (QED) is 0.635. The minimum atomic E-state index is -0.542. The van der Waals surface area contributed by atoms with Gasteiger partial charge in [-0.2, -0.15) is 0 Å². The van der Waals surface area contributed by atoms with E-state index in [-0.39, 0.29) is 5.91 Å². The van der Waals surface area contributed by atoms with Gasteiger partial charge in [0.05, 0.1) is 5.41 Å². The van der Waals surface area contributed by atoms with Crippen LogP contribution in [-0.4, -0.2) is 51.9 Å². The Bertz CT molecular complexity index is 1030. The number of piperazine rings is 1. The average molecular weight is 416 g/mol. The molecule has 1 aromatic carbocycles. The SMILES string of the molecule is CCc1cc(N2CCN(C(=O)C(C)(C)c3ccccc3)CC2)nc(-c2ccccn2)n1. The van der Waals surface area contributed by atoms with E-state index in [4.69, 9.17) is 4.98 Å². The van der Waals surface area contributed by atoms with Gasteiger partial charge in [-0.05, 0) is 38.0 Å². The van der Waals surface area contributed by atoms with Crippen LogP contribution in [0.15, 0.2) is 60.8 Å². The summed E-state index contributed by atoms with van der Waals surface area (Å²) in [4.78, 5) is 31.4. The van der Waals surface area contributed by atoms with E-state index in [0.717, 1.165) is 42.3 Å². The molecule has 6 heteroatoms. The van der Waals surface area contributed by atoms with Crippen molar-refractivity contribution in [1.29, 1.82) is 0 Å². The molecule has 1 saturated heterocycles. The van der Waals surface area contributed by atoms with Crippen LogP contribution in [-0.2, 0) is 16.6 Å². The second kappa shape index (κ2) is 8.84. The van der Waals surface area contributed by atoms with E-state index < -0.39 is 5.41 Å². The zero-order chi connectivity index (χ0) is 21.8. The maximum Gasteiger partial charge on any atom is 0.232 e. The van der Waals surface area contributed by atoms with E-state index in [9.17, 15) is 4.79 Å². The first-order valence-corrected chi connectivity index (χ1v) is 10.9. The standard InChI is InChI=1S/C25H29N5O/c1-4-20-18-22(28-23(27-20)21-12-8-9-13-26-21)29-14-16-30(17-15-29)24(31)25(2,3)19-10-6-5-7-11-19/h5-13,18H,4,14-17H2,1-3H3. The van der Waals surface area contributed by atoms with Gasteiger partial charge in [0.25, 0.3) is 0 Å². The number of aryl methyl sites for hydroxylation is 1. The number of anilines is 1. The summed E-state index contributed by atoms with van der Waals surface area (Å²) in [6.45, 7) is 8.97. The van der Waals surface area contributed by atoms with E-state index in [0.29, 0.717) is 18.9 Å². The molecule has 4 rings (SSSR count). The molecule has 1 aliphatic heterocycles. The van der Waals surface area contributed by atoms with Gasteiger partial charge in [-0.25, -0.2) is 9.97 Å². The molecular weight excluding hydrogens is 386 g/mol. The summed E-state index contributed by atoms with van der Waals surface area (Å²) < 4.78 is 0. The smallest absolute Gasteiger partial charge is 0.232 e. The lowest BCUT2D eigenvalue weighted by atomic mass is 9.83.